The summed E-state index contributed by atoms with van der Waals surface area (Å²) in [6.45, 7) is 4.06. The minimum Gasteiger partial charge on any atom is -0.497 e. The smallest absolute Gasteiger partial charge is 0.270 e. The van der Waals surface area contributed by atoms with Crippen molar-refractivity contribution in [2.75, 3.05) is 12.4 Å². The fraction of sp³-hybridized carbons (Fsp3) is 0.174. The Bertz CT molecular complexity index is 905. The largest absolute Gasteiger partial charge is 0.497 e. The van der Waals surface area contributed by atoms with E-state index in [9.17, 15) is 4.79 Å². The summed E-state index contributed by atoms with van der Waals surface area (Å²) in [5, 5.41) is 2.96. The highest BCUT2D eigenvalue weighted by molar-refractivity contribution is 5.95. The van der Waals surface area contributed by atoms with Gasteiger partial charge in [-0.15, -0.1) is 0 Å². The molecule has 1 N–H and O–H groups in total. The number of methoxy groups -OCH3 is 1. The summed E-state index contributed by atoms with van der Waals surface area (Å²) in [5.41, 5.74) is 3.85. The fourth-order valence-electron chi connectivity index (χ4n) is 2.72. The number of carbonyl (C=O) groups excluding carboxylic acids is 1. The summed E-state index contributed by atoms with van der Waals surface area (Å²) in [4.78, 5) is 13.0. The van der Waals surface area contributed by atoms with E-state index in [1.165, 1.54) is 5.56 Å². The highest BCUT2D eigenvalue weighted by Crippen LogP contribution is 2.26. The summed E-state index contributed by atoms with van der Waals surface area (Å²) >= 11 is 0. The summed E-state index contributed by atoms with van der Waals surface area (Å²) in [6, 6.07) is 22.5. The van der Waals surface area contributed by atoms with Gasteiger partial charge in [0.15, 0.2) is 0 Å². The second-order valence-electron chi connectivity index (χ2n) is 6.37. The van der Waals surface area contributed by atoms with Crippen molar-refractivity contribution < 1.29 is 14.3 Å². The van der Waals surface area contributed by atoms with Crippen LogP contribution < -0.4 is 14.8 Å². The van der Waals surface area contributed by atoms with Gasteiger partial charge in [0.1, 0.15) is 11.5 Å². The van der Waals surface area contributed by atoms with E-state index in [2.05, 4.69) is 5.32 Å². The molecule has 0 aliphatic carbocycles. The predicted molar refractivity (Wildman–Crippen MR) is 107 cm³/mol. The van der Waals surface area contributed by atoms with E-state index in [0.717, 1.165) is 22.6 Å². The van der Waals surface area contributed by atoms with Crippen LogP contribution in [0.15, 0.2) is 72.8 Å². The molecule has 3 rings (SSSR count). The van der Waals surface area contributed by atoms with Crippen molar-refractivity contribution in [3.8, 4) is 11.5 Å². The molecule has 0 aliphatic heterocycles. The van der Waals surface area contributed by atoms with Crippen molar-refractivity contribution in [1.29, 1.82) is 0 Å². The summed E-state index contributed by atoms with van der Waals surface area (Å²) < 4.78 is 11.2. The Labute approximate surface area is 159 Å². The number of aryl methyl sites for hydroxylation is 2. The van der Waals surface area contributed by atoms with Gasteiger partial charge >= 0.3 is 0 Å². The first-order valence-electron chi connectivity index (χ1n) is 8.80. The van der Waals surface area contributed by atoms with Gasteiger partial charge in [-0.2, -0.15) is 0 Å². The van der Waals surface area contributed by atoms with Crippen molar-refractivity contribution in [2.24, 2.45) is 0 Å². The SMILES string of the molecule is COc1ccc(O[C@@H](C(=O)Nc2ccc(C)c(C)c2)c2ccccc2)cc1. The molecule has 3 aromatic rings. The molecule has 4 heteroatoms. The topological polar surface area (TPSA) is 47.6 Å². The van der Waals surface area contributed by atoms with Crippen molar-refractivity contribution >= 4 is 11.6 Å². The van der Waals surface area contributed by atoms with Gasteiger partial charge in [0.25, 0.3) is 5.91 Å². The van der Waals surface area contributed by atoms with Gasteiger partial charge in [0.05, 0.1) is 7.11 Å². The Kier molecular flexibility index (Phi) is 5.77. The number of hydrogen-bond donors (Lipinski definition) is 1. The van der Waals surface area contributed by atoms with Crippen LogP contribution in [0, 0.1) is 13.8 Å². The minimum atomic E-state index is -0.763. The van der Waals surface area contributed by atoms with Crippen LogP contribution in [0.3, 0.4) is 0 Å². The molecule has 1 atom stereocenters. The first-order valence-corrected chi connectivity index (χ1v) is 8.80. The quantitative estimate of drug-likeness (QED) is 0.667. The van der Waals surface area contributed by atoms with Crippen LogP contribution in [0.4, 0.5) is 5.69 Å². The lowest BCUT2D eigenvalue weighted by molar-refractivity contribution is -0.123. The molecular formula is C23H23NO3. The van der Waals surface area contributed by atoms with Crippen LogP contribution in [0.5, 0.6) is 11.5 Å². The lowest BCUT2D eigenvalue weighted by Crippen LogP contribution is -2.25. The molecule has 3 aromatic carbocycles. The number of benzene rings is 3. The standard InChI is InChI=1S/C23H23NO3/c1-16-9-10-19(15-17(16)2)24-23(25)22(18-7-5-4-6-8-18)27-21-13-11-20(26-3)12-14-21/h4-15,22H,1-3H3,(H,24,25)/t22-/m1/s1. The van der Waals surface area contributed by atoms with E-state index in [0.29, 0.717) is 5.75 Å². The average molecular weight is 361 g/mol. The van der Waals surface area contributed by atoms with Crippen LogP contribution in [-0.2, 0) is 4.79 Å². The second kappa shape index (κ2) is 8.41. The van der Waals surface area contributed by atoms with Gasteiger partial charge in [-0.25, -0.2) is 0 Å². The molecule has 0 fully saturated rings. The Morgan fingerprint density at radius 3 is 2.15 bits per heavy atom. The summed E-state index contributed by atoms with van der Waals surface area (Å²) in [5.74, 6) is 1.11. The molecule has 4 nitrogen and oxygen atoms in total. The zero-order chi connectivity index (χ0) is 19.2. The van der Waals surface area contributed by atoms with Gasteiger partial charge in [0, 0.05) is 11.3 Å². The third-order valence-corrected chi connectivity index (χ3v) is 4.43. The molecular weight excluding hydrogens is 338 g/mol. The fourth-order valence-corrected chi connectivity index (χ4v) is 2.72. The first kappa shape index (κ1) is 18.5. The molecule has 0 spiro atoms. The van der Waals surface area contributed by atoms with Crippen molar-refractivity contribution in [1.82, 2.24) is 0 Å². The van der Waals surface area contributed by atoms with E-state index in [4.69, 9.17) is 9.47 Å². The maximum atomic E-state index is 13.0. The van der Waals surface area contributed by atoms with Crippen molar-refractivity contribution in [3.63, 3.8) is 0 Å². The number of nitrogens with one attached hydrogen (secondary N) is 1. The highest BCUT2D eigenvalue weighted by atomic mass is 16.5. The third-order valence-electron chi connectivity index (χ3n) is 4.43. The van der Waals surface area contributed by atoms with Crippen LogP contribution in [-0.4, -0.2) is 13.0 Å². The normalized spacial score (nSPS) is 11.5. The monoisotopic (exact) mass is 361 g/mol. The minimum absolute atomic E-state index is 0.222. The molecule has 0 heterocycles. The lowest BCUT2D eigenvalue weighted by atomic mass is 10.1. The van der Waals surface area contributed by atoms with Gasteiger partial charge in [0.2, 0.25) is 6.10 Å². The zero-order valence-electron chi connectivity index (χ0n) is 15.7. The van der Waals surface area contributed by atoms with E-state index in [1.54, 1.807) is 31.4 Å². The number of rotatable bonds is 6. The summed E-state index contributed by atoms with van der Waals surface area (Å²) in [7, 11) is 1.61. The van der Waals surface area contributed by atoms with Gasteiger partial charge < -0.3 is 14.8 Å². The van der Waals surface area contributed by atoms with Crippen LogP contribution in [0.2, 0.25) is 0 Å². The van der Waals surface area contributed by atoms with E-state index >= 15 is 0 Å². The molecule has 0 aliphatic rings. The Hall–Kier alpha value is -3.27. The van der Waals surface area contributed by atoms with Crippen molar-refractivity contribution in [2.45, 2.75) is 20.0 Å². The Morgan fingerprint density at radius 2 is 1.52 bits per heavy atom. The van der Waals surface area contributed by atoms with E-state index in [-0.39, 0.29) is 5.91 Å². The molecule has 0 unspecified atom stereocenters. The van der Waals surface area contributed by atoms with Gasteiger partial charge in [-0.3, -0.25) is 4.79 Å². The predicted octanol–water partition coefficient (Wildman–Crippen LogP) is 5.07. The number of carbonyl (C=O) groups is 1. The maximum absolute atomic E-state index is 13.0. The molecule has 0 saturated carbocycles. The Balaban J connectivity index is 1.84. The lowest BCUT2D eigenvalue weighted by Gasteiger charge is -2.20. The van der Waals surface area contributed by atoms with Gasteiger partial charge in [-0.1, -0.05) is 36.4 Å². The molecule has 0 saturated heterocycles. The number of amides is 1. The first-order chi connectivity index (χ1) is 13.1. The Morgan fingerprint density at radius 1 is 0.852 bits per heavy atom. The molecule has 27 heavy (non-hydrogen) atoms. The molecule has 1 amide bonds. The summed E-state index contributed by atoms with van der Waals surface area (Å²) in [6.07, 6.45) is -0.763. The molecule has 138 valence electrons. The van der Waals surface area contributed by atoms with E-state index < -0.39 is 6.10 Å². The third kappa shape index (κ3) is 4.67. The van der Waals surface area contributed by atoms with E-state index in [1.807, 2.05) is 62.4 Å². The van der Waals surface area contributed by atoms with Gasteiger partial charge in [-0.05, 0) is 61.4 Å². The average Bonchev–Trinajstić information content (AvgIpc) is 2.70. The maximum Gasteiger partial charge on any atom is 0.270 e. The number of ether oxygens (including phenoxy) is 2. The molecule has 0 bridgehead atoms. The highest BCUT2D eigenvalue weighted by Gasteiger charge is 2.23. The van der Waals surface area contributed by atoms with Crippen molar-refractivity contribution in [3.05, 3.63) is 89.5 Å². The number of anilines is 1. The van der Waals surface area contributed by atoms with Crippen LogP contribution in [0.1, 0.15) is 22.8 Å². The van der Waals surface area contributed by atoms with Crippen LogP contribution >= 0.6 is 0 Å². The zero-order valence-corrected chi connectivity index (χ0v) is 15.7. The van der Waals surface area contributed by atoms with Crippen LogP contribution in [0.25, 0.3) is 0 Å². The second-order valence-corrected chi connectivity index (χ2v) is 6.37. The molecule has 0 aromatic heterocycles. The molecule has 0 radical (unpaired) electrons. The number of hydrogen-bond acceptors (Lipinski definition) is 3.